The number of likely N-dealkylation sites (tertiary alicyclic amines) is 2. The molecule has 190 valence electrons. The highest BCUT2D eigenvalue weighted by molar-refractivity contribution is 6.02. The van der Waals surface area contributed by atoms with Gasteiger partial charge in [0.1, 0.15) is 11.7 Å². The highest BCUT2D eigenvalue weighted by Crippen LogP contribution is 2.50. The first-order valence-electron chi connectivity index (χ1n) is 12.5. The molecule has 2 fully saturated rings. The number of nitrogens with one attached hydrogen (secondary N) is 1. The number of piperidine rings is 2. The van der Waals surface area contributed by atoms with Crippen LogP contribution < -0.4 is 5.32 Å². The molecule has 1 spiro atoms. The maximum atomic E-state index is 13.5. The molecule has 2 saturated heterocycles. The van der Waals surface area contributed by atoms with Gasteiger partial charge < -0.3 is 10.2 Å². The Morgan fingerprint density at radius 2 is 1.75 bits per heavy atom. The summed E-state index contributed by atoms with van der Waals surface area (Å²) in [6.07, 6.45) is 2.94. The Bertz CT molecular complexity index is 1160. The predicted molar refractivity (Wildman–Crippen MR) is 135 cm³/mol. The van der Waals surface area contributed by atoms with Crippen LogP contribution in [0.5, 0.6) is 0 Å². The molecule has 36 heavy (non-hydrogen) atoms. The number of imide groups is 1. The van der Waals surface area contributed by atoms with Crippen LogP contribution in [0, 0.1) is 18.3 Å². The second kappa shape index (κ2) is 10.2. The Morgan fingerprint density at radius 3 is 2.36 bits per heavy atom. The number of rotatable bonds is 5. The van der Waals surface area contributed by atoms with Gasteiger partial charge in [-0.1, -0.05) is 44.2 Å². The quantitative estimate of drug-likeness (QED) is 0.650. The third-order valence-electron chi connectivity index (χ3n) is 7.64. The summed E-state index contributed by atoms with van der Waals surface area (Å²) in [7, 11) is 1.55. The molecule has 0 saturated carbocycles. The van der Waals surface area contributed by atoms with E-state index < -0.39 is 17.4 Å². The summed E-state index contributed by atoms with van der Waals surface area (Å²) in [5, 5.41) is 2.88. The molecule has 2 aromatic rings. The molecule has 1 aromatic carbocycles. The first-order chi connectivity index (χ1) is 17.1. The standard InChI is InChI=1S/C28H34N4O4/c1-18(2)24(30-25(34)21-16-19(3)10-13-29-21)27(36)32-14-11-28(12-15-32)17-22(33)31(4)26(35)23(28)20-8-6-5-7-9-20/h5-10,13,16,18,23-24H,11-12,14-15,17H2,1-4H3,(H,30,34)/t23?,24-/m1/s1. The number of hydrogen-bond donors (Lipinski definition) is 1. The molecule has 0 radical (unpaired) electrons. The number of likely N-dealkylation sites (N-methyl/N-ethyl adjacent to an activating group) is 1. The number of benzene rings is 1. The Morgan fingerprint density at radius 1 is 1.08 bits per heavy atom. The van der Waals surface area contributed by atoms with Crippen molar-refractivity contribution in [2.75, 3.05) is 20.1 Å². The van der Waals surface area contributed by atoms with E-state index in [4.69, 9.17) is 0 Å². The summed E-state index contributed by atoms with van der Waals surface area (Å²) in [5.74, 6) is -1.44. The maximum Gasteiger partial charge on any atom is 0.270 e. The lowest BCUT2D eigenvalue weighted by molar-refractivity contribution is -0.156. The molecule has 2 atom stereocenters. The molecule has 0 aliphatic carbocycles. The second-order valence-corrected chi connectivity index (χ2v) is 10.4. The Kier molecular flexibility index (Phi) is 7.24. The number of aryl methyl sites for hydroxylation is 1. The minimum Gasteiger partial charge on any atom is -0.341 e. The van der Waals surface area contributed by atoms with Gasteiger partial charge in [-0.25, -0.2) is 0 Å². The summed E-state index contributed by atoms with van der Waals surface area (Å²) in [4.78, 5) is 59.5. The van der Waals surface area contributed by atoms with E-state index in [0.29, 0.717) is 25.9 Å². The van der Waals surface area contributed by atoms with Crippen molar-refractivity contribution in [3.63, 3.8) is 0 Å². The van der Waals surface area contributed by atoms with E-state index >= 15 is 0 Å². The number of pyridine rings is 1. The first-order valence-corrected chi connectivity index (χ1v) is 12.5. The molecule has 1 N–H and O–H groups in total. The summed E-state index contributed by atoms with van der Waals surface area (Å²) in [6, 6.07) is 12.4. The highest BCUT2D eigenvalue weighted by atomic mass is 16.2. The zero-order valence-electron chi connectivity index (χ0n) is 21.4. The largest absolute Gasteiger partial charge is 0.341 e. The molecule has 0 bridgehead atoms. The number of carbonyl (C=O) groups excluding carboxylic acids is 4. The molecule has 2 aliphatic heterocycles. The van der Waals surface area contributed by atoms with E-state index in [1.165, 1.54) is 4.90 Å². The van der Waals surface area contributed by atoms with Crippen molar-refractivity contribution < 1.29 is 19.2 Å². The second-order valence-electron chi connectivity index (χ2n) is 10.4. The summed E-state index contributed by atoms with van der Waals surface area (Å²) in [6.45, 7) is 6.53. The van der Waals surface area contributed by atoms with Gasteiger partial charge in [0.25, 0.3) is 5.91 Å². The molecule has 4 rings (SSSR count). The van der Waals surface area contributed by atoms with Crippen LogP contribution in [-0.4, -0.2) is 64.6 Å². The third-order valence-corrected chi connectivity index (χ3v) is 7.64. The predicted octanol–water partition coefficient (Wildman–Crippen LogP) is 2.93. The fraction of sp³-hybridized carbons (Fsp3) is 0.464. The van der Waals surface area contributed by atoms with Crippen molar-refractivity contribution in [3.8, 4) is 0 Å². The lowest BCUT2D eigenvalue weighted by Crippen LogP contribution is -2.58. The van der Waals surface area contributed by atoms with Crippen LogP contribution in [0.25, 0.3) is 0 Å². The van der Waals surface area contributed by atoms with Crippen molar-refractivity contribution in [2.45, 2.75) is 52.0 Å². The molecule has 1 unspecified atom stereocenters. The average Bonchev–Trinajstić information content (AvgIpc) is 2.86. The van der Waals surface area contributed by atoms with Crippen molar-refractivity contribution in [1.29, 1.82) is 0 Å². The third kappa shape index (κ3) is 4.90. The van der Waals surface area contributed by atoms with Gasteiger partial charge in [-0.2, -0.15) is 0 Å². The molecule has 1 aromatic heterocycles. The lowest BCUT2D eigenvalue weighted by atomic mass is 9.61. The van der Waals surface area contributed by atoms with Crippen LogP contribution in [0.2, 0.25) is 0 Å². The number of hydrogen-bond acceptors (Lipinski definition) is 5. The fourth-order valence-electron chi connectivity index (χ4n) is 5.47. The van der Waals surface area contributed by atoms with Crippen LogP contribution in [-0.2, 0) is 14.4 Å². The molecule has 3 heterocycles. The Hall–Kier alpha value is -3.55. The van der Waals surface area contributed by atoms with E-state index in [-0.39, 0.29) is 41.7 Å². The van der Waals surface area contributed by atoms with Crippen LogP contribution in [0.15, 0.2) is 48.7 Å². The maximum absolute atomic E-state index is 13.5. The van der Waals surface area contributed by atoms with Gasteiger partial charge >= 0.3 is 0 Å². The van der Waals surface area contributed by atoms with Crippen molar-refractivity contribution in [3.05, 3.63) is 65.5 Å². The molecular formula is C28H34N4O4. The van der Waals surface area contributed by atoms with E-state index in [1.807, 2.05) is 57.2 Å². The number of carbonyl (C=O) groups is 4. The van der Waals surface area contributed by atoms with E-state index in [1.54, 1.807) is 24.2 Å². The van der Waals surface area contributed by atoms with Crippen molar-refractivity contribution in [1.82, 2.24) is 20.1 Å². The van der Waals surface area contributed by atoms with Gasteiger partial charge in [-0.05, 0) is 54.4 Å². The smallest absolute Gasteiger partial charge is 0.270 e. The SMILES string of the molecule is Cc1ccnc(C(=O)N[C@@H](C(=O)N2CCC3(CC2)CC(=O)N(C)C(=O)C3c2ccccc2)C(C)C)c1. The number of nitrogens with zero attached hydrogens (tertiary/aromatic N) is 3. The van der Waals surface area contributed by atoms with Crippen LogP contribution >= 0.6 is 0 Å². The van der Waals surface area contributed by atoms with Gasteiger partial charge in [0.15, 0.2) is 0 Å². The molecule has 2 aliphatic rings. The van der Waals surface area contributed by atoms with Gasteiger partial charge in [-0.3, -0.25) is 29.1 Å². The lowest BCUT2D eigenvalue weighted by Gasteiger charge is -2.50. The summed E-state index contributed by atoms with van der Waals surface area (Å²) >= 11 is 0. The zero-order chi connectivity index (χ0) is 26.0. The summed E-state index contributed by atoms with van der Waals surface area (Å²) in [5.41, 5.74) is 1.57. The Labute approximate surface area is 212 Å². The monoisotopic (exact) mass is 490 g/mol. The average molecular weight is 491 g/mol. The topological polar surface area (TPSA) is 99.7 Å². The fourth-order valence-corrected chi connectivity index (χ4v) is 5.47. The number of aromatic nitrogens is 1. The minimum atomic E-state index is -0.695. The summed E-state index contributed by atoms with van der Waals surface area (Å²) < 4.78 is 0. The normalized spacial score (nSPS) is 20.5. The van der Waals surface area contributed by atoms with Crippen LogP contribution in [0.3, 0.4) is 0 Å². The molecular weight excluding hydrogens is 456 g/mol. The van der Waals surface area contributed by atoms with E-state index in [0.717, 1.165) is 11.1 Å². The first kappa shape index (κ1) is 25.5. The Balaban J connectivity index is 1.51. The van der Waals surface area contributed by atoms with Crippen LogP contribution in [0.1, 0.15) is 60.6 Å². The van der Waals surface area contributed by atoms with E-state index in [9.17, 15) is 19.2 Å². The molecule has 8 heteroatoms. The van der Waals surface area contributed by atoms with Crippen LogP contribution in [0.4, 0.5) is 0 Å². The molecule has 4 amide bonds. The van der Waals surface area contributed by atoms with Gasteiger partial charge in [0.2, 0.25) is 17.7 Å². The van der Waals surface area contributed by atoms with Gasteiger partial charge in [-0.15, -0.1) is 0 Å². The molecule has 8 nitrogen and oxygen atoms in total. The zero-order valence-corrected chi connectivity index (χ0v) is 21.4. The van der Waals surface area contributed by atoms with Gasteiger partial charge in [0, 0.05) is 32.8 Å². The van der Waals surface area contributed by atoms with E-state index in [2.05, 4.69) is 10.3 Å². The van der Waals surface area contributed by atoms with Crippen molar-refractivity contribution in [2.24, 2.45) is 11.3 Å². The van der Waals surface area contributed by atoms with Crippen molar-refractivity contribution >= 4 is 23.6 Å². The highest BCUT2D eigenvalue weighted by Gasteiger charge is 2.53. The number of amides is 4. The minimum absolute atomic E-state index is 0.120. The van der Waals surface area contributed by atoms with Gasteiger partial charge in [0.05, 0.1) is 5.92 Å².